The van der Waals surface area contributed by atoms with E-state index >= 15 is 0 Å². The van der Waals surface area contributed by atoms with Crippen LogP contribution in [0.4, 0.5) is 0 Å². The molecule has 64 valence electrons. The summed E-state index contributed by atoms with van der Waals surface area (Å²) < 4.78 is 15.1. The minimum Gasteiger partial charge on any atom is -0.476 e. The fraction of sp³-hybridized carbons (Fsp3) is 0.750. The SMILES string of the molecule is C=COCOCC1(C)COC1. The van der Waals surface area contributed by atoms with E-state index in [1.165, 1.54) is 6.26 Å². The number of ether oxygens (including phenoxy) is 3. The van der Waals surface area contributed by atoms with Crippen LogP contribution in [0.2, 0.25) is 0 Å². The molecule has 0 atom stereocenters. The van der Waals surface area contributed by atoms with Gasteiger partial charge in [0.2, 0.25) is 0 Å². The third-order valence-corrected chi connectivity index (χ3v) is 1.62. The van der Waals surface area contributed by atoms with Crippen LogP contribution in [0.25, 0.3) is 0 Å². The van der Waals surface area contributed by atoms with Crippen LogP contribution in [0.15, 0.2) is 12.8 Å². The van der Waals surface area contributed by atoms with Crippen molar-refractivity contribution in [2.24, 2.45) is 5.41 Å². The molecule has 0 aliphatic carbocycles. The second kappa shape index (κ2) is 3.74. The predicted molar refractivity (Wildman–Crippen MR) is 41.0 cm³/mol. The van der Waals surface area contributed by atoms with Crippen molar-refractivity contribution < 1.29 is 14.2 Å². The maximum absolute atomic E-state index is 5.21. The molecule has 11 heavy (non-hydrogen) atoms. The Morgan fingerprint density at radius 1 is 1.64 bits per heavy atom. The van der Waals surface area contributed by atoms with Gasteiger partial charge in [0, 0.05) is 5.41 Å². The van der Waals surface area contributed by atoms with E-state index in [4.69, 9.17) is 14.2 Å². The van der Waals surface area contributed by atoms with Crippen LogP contribution in [-0.4, -0.2) is 26.6 Å². The topological polar surface area (TPSA) is 27.7 Å². The summed E-state index contributed by atoms with van der Waals surface area (Å²) in [7, 11) is 0. The molecule has 0 amide bonds. The number of rotatable bonds is 5. The highest BCUT2D eigenvalue weighted by atomic mass is 16.7. The van der Waals surface area contributed by atoms with E-state index in [-0.39, 0.29) is 5.41 Å². The summed E-state index contributed by atoms with van der Waals surface area (Å²) >= 11 is 0. The van der Waals surface area contributed by atoms with E-state index in [9.17, 15) is 0 Å². The fourth-order valence-corrected chi connectivity index (χ4v) is 0.918. The third kappa shape index (κ3) is 2.52. The molecule has 0 N–H and O–H groups in total. The Morgan fingerprint density at radius 3 is 2.82 bits per heavy atom. The monoisotopic (exact) mass is 158 g/mol. The van der Waals surface area contributed by atoms with Crippen molar-refractivity contribution in [3.63, 3.8) is 0 Å². The smallest absolute Gasteiger partial charge is 0.188 e. The molecule has 0 aromatic rings. The molecular formula is C8H14O3. The molecule has 3 heteroatoms. The number of hydrogen-bond acceptors (Lipinski definition) is 3. The van der Waals surface area contributed by atoms with E-state index in [0.717, 1.165) is 13.2 Å². The van der Waals surface area contributed by atoms with Crippen molar-refractivity contribution in [2.45, 2.75) is 6.92 Å². The summed E-state index contributed by atoms with van der Waals surface area (Å²) in [5.74, 6) is 0. The quantitative estimate of drug-likeness (QED) is 0.341. The Balaban J connectivity index is 1.97. The lowest BCUT2D eigenvalue weighted by molar-refractivity contribution is -0.155. The van der Waals surface area contributed by atoms with Gasteiger partial charge < -0.3 is 14.2 Å². The predicted octanol–water partition coefficient (Wildman–Crippen LogP) is 1.16. The van der Waals surface area contributed by atoms with Gasteiger partial charge >= 0.3 is 0 Å². The molecule has 0 aromatic carbocycles. The summed E-state index contributed by atoms with van der Waals surface area (Å²) in [5, 5.41) is 0. The van der Waals surface area contributed by atoms with Gasteiger partial charge in [0.25, 0.3) is 0 Å². The van der Waals surface area contributed by atoms with Crippen LogP contribution in [0, 0.1) is 5.41 Å². The van der Waals surface area contributed by atoms with Gasteiger partial charge in [-0.05, 0) is 0 Å². The van der Waals surface area contributed by atoms with Gasteiger partial charge in [-0.2, -0.15) is 0 Å². The molecule has 0 aromatic heterocycles. The first-order valence-corrected chi connectivity index (χ1v) is 3.65. The lowest BCUT2D eigenvalue weighted by Gasteiger charge is -2.37. The summed E-state index contributed by atoms with van der Waals surface area (Å²) in [6, 6.07) is 0. The van der Waals surface area contributed by atoms with E-state index < -0.39 is 0 Å². The van der Waals surface area contributed by atoms with Gasteiger partial charge in [-0.25, -0.2) is 0 Å². The maximum Gasteiger partial charge on any atom is 0.188 e. The minimum absolute atomic E-state index is 0.213. The molecule has 1 aliphatic rings. The van der Waals surface area contributed by atoms with Gasteiger partial charge in [0.05, 0.1) is 26.1 Å². The molecule has 0 bridgehead atoms. The molecule has 1 fully saturated rings. The lowest BCUT2D eigenvalue weighted by Crippen LogP contribution is -2.43. The average Bonchev–Trinajstić information content (AvgIpc) is 1.95. The van der Waals surface area contributed by atoms with Crippen LogP contribution in [-0.2, 0) is 14.2 Å². The average molecular weight is 158 g/mol. The minimum atomic E-state index is 0.213. The Labute approximate surface area is 66.9 Å². The third-order valence-electron chi connectivity index (χ3n) is 1.62. The van der Waals surface area contributed by atoms with Crippen molar-refractivity contribution in [3.8, 4) is 0 Å². The van der Waals surface area contributed by atoms with E-state index in [1.807, 2.05) is 0 Å². The molecule has 0 unspecified atom stereocenters. The van der Waals surface area contributed by atoms with Crippen molar-refractivity contribution in [3.05, 3.63) is 12.8 Å². The number of hydrogen-bond donors (Lipinski definition) is 0. The zero-order chi connectivity index (χ0) is 8.16. The van der Waals surface area contributed by atoms with Gasteiger partial charge in [-0.3, -0.25) is 0 Å². The van der Waals surface area contributed by atoms with Crippen LogP contribution in [0.5, 0.6) is 0 Å². The molecule has 0 spiro atoms. The molecule has 1 rings (SSSR count). The van der Waals surface area contributed by atoms with E-state index in [0.29, 0.717) is 13.4 Å². The van der Waals surface area contributed by atoms with Crippen LogP contribution in [0.1, 0.15) is 6.92 Å². The standard InChI is InChI=1S/C8H14O3/c1-3-9-7-11-6-8(2)4-10-5-8/h3H,1,4-7H2,2H3. The highest BCUT2D eigenvalue weighted by Crippen LogP contribution is 2.26. The highest BCUT2D eigenvalue weighted by molar-refractivity contribution is 4.79. The molecule has 1 heterocycles. The van der Waals surface area contributed by atoms with Crippen LogP contribution in [0.3, 0.4) is 0 Å². The van der Waals surface area contributed by atoms with Crippen molar-refractivity contribution >= 4 is 0 Å². The van der Waals surface area contributed by atoms with Crippen molar-refractivity contribution in [1.29, 1.82) is 0 Å². The summed E-state index contributed by atoms with van der Waals surface area (Å²) in [6.45, 7) is 8.10. The Kier molecular flexibility index (Phi) is 2.91. The van der Waals surface area contributed by atoms with E-state index in [1.54, 1.807) is 0 Å². The van der Waals surface area contributed by atoms with Crippen molar-refractivity contribution in [1.82, 2.24) is 0 Å². The lowest BCUT2D eigenvalue weighted by atomic mass is 9.90. The summed E-state index contributed by atoms with van der Waals surface area (Å²) in [4.78, 5) is 0. The molecule has 1 aliphatic heterocycles. The molecule has 0 saturated carbocycles. The van der Waals surface area contributed by atoms with Gasteiger partial charge in [-0.1, -0.05) is 13.5 Å². The Bertz CT molecular complexity index is 129. The molecule has 0 radical (unpaired) electrons. The maximum atomic E-state index is 5.21. The molecule has 1 saturated heterocycles. The summed E-state index contributed by atoms with van der Waals surface area (Å²) in [6.07, 6.45) is 1.37. The van der Waals surface area contributed by atoms with E-state index in [2.05, 4.69) is 13.5 Å². The Hall–Kier alpha value is -0.540. The largest absolute Gasteiger partial charge is 0.476 e. The van der Waals surface area contributed by atoms with Gasteiger partial charge in [-0.15, -0.1) is 0 Å². The Morgan fingerprint density at radius 2 is 2.36 bits per heavy atom. The first-order chi connectivity index (χ1) is 5.27. The fourth-order valence-electron chi connectivity index (χ4n) is 0.918. The van der Waals surface area contributed by atoms with Crippen molar-refractivity contribution in [2.75, 3.05) is 26.6 Å². The molecular weight excluding hydrogens is 144 g/mol. The first kappa shape index (κ1) is 8.56. The first-order valence-electron chi connectivity index (χ1n) is 3.65. The van der Waals surface area contributed by atoms with Crippen LogP contribution < -0.4 is 0 Å². The van der Waals surface area contributed by atoms with Gasteiger partial charge in [0.15, 0.2) is 6.79 Å². The zero-order valence-electron chi connectivity index (χ0n) is 6.84. The second-order valence-corrected chi connectivity index (χ2v) is 3.10. The van der Waals surface area contributed by atoms with Gasteiger partial charge in [0.1, 0.15) is 0 Å². The van der Waals surface area contributed by atoms with Crippen LogP contribution >= 0.6 is 0 Å². The summed E-state index contributed by atoms with van der Waals surface area (Å²) in [5.41, 5.74) is 0.213. The zero-order valence-corrected chi connectivity index (χ0v) is 6.84. The molecule has 3 nitrogen and oxygen atoms in total. The second-order valence-electron chi connectivity index (χ2n) is 3.10. The highest BCUT2D eigenvalue weighted by Gasteiger charge is 2.33. The normalized spacial score (nSPS) is 20.5.